The Morgan fingerprint density at radius 1 is 1.42 bits per heavy atom. The summed E-state index contributed by atoms with van der Waals surface area (Å²) in [5.41, 5.74) is 6.40. The Morgan fingerprint density at radius 2 is 2.11 bits per heavy atom. The second-order valence-electron chi connectivity index (χ2n) is 5.36. The van der Waals surface area contributed by atoms with Crippen molar-refractivity contribution in [2.24, 2.45) is 11.1 Å². The predicted molar refractivity (Wildman–Crippen MR) is 76.7 cm³/mol. The Kier molecular flexibility index (Phi) is 3.67. The molecule has 0 spiro atoms. The molecular formula is C14H17BrN2O2. The van der Waals surface area contributed by atoms with Gasteiger partial charge in [0, 0.05) is 23.1 Å². The Labute approximate surface area is 121 Å². The van der Waals surface area contributed by atoms with Gasteiger partial charge in [-0.1, -0.05) is 22.0 Å². The van der Waals surface area contributed by atoms with E-state index in [2.05, 4.69) is 15.9 Å². The fraction of sp³-hybridized carbons (Fsp3) is 0.429. The molecule has 1 fully saturated rings. The molecule has 1 heterocycles. The van der Waals surface area contributed by atoms with E-state index in [9.17, 15) is 9.59 Å². The lowest BCUT2D eigenvalue weighted by Crippen LogP contribution is -2.38. The summed E-state index contributed by atoms with van der Waals surface area (Å²) in [6, 6.07) is 5.63. The number of hydrogen-bond acceptors (Lipinski definition) is 2. The van der Waals surface area contributed by atoms with E-state index >= 15 is 0 Å². The topological polar surface area (TPSA) is 63.4 Å². The number of aryl methyl sites for hydroxylation is 1. The van der Waals surface area contributed by atoms with Gasteiger partial charge in [0.2, 0.25) is 5.91 Å². The summed E-state index contributed by atoms with van der Waals surface area (Å²) in [5, 5.41) is 0. The number of amides is 2. The van der Waals surface area contributed by atoms with Crippen LogP contribution in [0.4, 0.5) is 0 Å². The number of hydrogen-bond donors (Lipinski definition) is 1. The molecule has 102 valence electrons. The summed E-state index contributed by atoms with van der Waals surface area (Å²) >= 11 is 3.37. The number of nitrogens with zero attached hydrogens (tertiary/aromatic N) is 1. The van der Waals surface area contributed by atoms with Crippen molar-refractivity contribution in [2.45, 2.75) is 20.3 Å². The molecular weight excluding hydrogens is 308 g/mol. The number of carbonyl (C=O) groups excluding carboxylic acids is 2. The molecule has 1 aliphatic heterocycles. The first-order valence-electron chi connectivity index (χ1n) is 6.19. The first kappa shape index (κ1) is 14.1. The summed E-state index contributed by atoms with van der Waals surface area (Å²) in [6.07, 6.45) is 0.626. The van der Waals surface area contributed by atoms with E-state index in [1.165, 1.54) is 0 Å². The lowest BCUT2D eigenvalue weighted by Gasteiger charge is -2.21. The Morgan fingerprint density at radius 3 is 2.68 bits per heavy atom. The molecule has 0 aromatic heterocycles. The molecule has 2 amide bonds. The van der Waals surface area contributed by atoms with E-state index in [4.69, 9.17) is 5.73 Å². The minimum Gasteiger partial charge on any atom is -0.369 e. The van der Waals surface area contributed by atoms with Crippen LogP contribution in [0, 0.1) is 12.3 Å². The molecule has 2 rings (SSSR count). The van der Waals surface area contributed by atoms with Crippen molar-refractivity contribution in [1.82, 2.24) is 4.90 Å². The van der Waals surface area contributed by atoms with Gasteiger partial charge in [0.05, 0.1) is 5.41 Å². The molecule has 5 heteroatoms. The number of carbonyl (C=O) groups is 2. The van der Waals surface area contributed by atoms with Gasteiger partial charge in [-0.3, -0.25) is 9.59 Å². The minimum atomic E-state index is -0.602. The van der Waals surface area contributed by atoms with Crippen LogP contribution in [-0.4, -0.2) is 29.8 Å². The number of likely N-dealkylation sites (tertiary alicyclic amines) is 1. The van der Waals surface area contributed by atoms with Crippen molar-refractivity contribution in [2.75, 3.05) is 13.1 Å². The zero-order valence-corrected chi connectivity index (χ0v) is 12.7. The van der Waals surface area contributed by atoms with E-state index in [0.29, 0.717) is 25.1 Å². The van der Waals surface area contributed by atoms with Crippen molar-refractivity contribution in [3.8, 4) is 0 Å². The fourth-order valence-corrected chi connectivity index (χ4v) is 2.69. The average molecular weight is 325 g/mol. The Hall–Kier alpha value is -1.36. The zero-order valence-electron chi connectivity index (χ0n) is 11.1. The third-order valence-electron chi connectivity index (χ3n) is 3.79. The summed E-state index contributed by atoms with van der Waals surface area (Å²) < 4.78 is 0.873. The van der Waals surface area contributed by atoms with Crippen LogP contribution in [0.2, 0.25) is 0 Å². The molecule has 19 heavy (non-hydrogen) atoms. The molecule has 1 aromatic carbocycles. The highest BCUT2D eigenvalue weighted by Crippen LogP contribution is 2.31. The van der Waals surface area contributed by atoms with E-state index in [1.807, 2.05) is 32.0 Å². The van der Waals surface area contributed by atoms with Crippen LogP contribution in [0.1, 0.15) is 29.3 Å². The molecule has 1 unspecified atom stereocenters. The largest absolute Gasteiger partial charge is 0.369 e. The molecule has 0 aliphatic carbocycles. The lowest BCUT2D eigenvalue weighted by molar-refractivity contribution is -0.126. The van der Waals surface area contributed by atoms with Crippen LogP contribution in [0.25, 0.3) is 0 Å². The van der Waals surface area contributed by atoms with Gasteiger partial charge in [-0.25, -0.2) is 0 Å². The number of primary amides is 1. The number of nitrogens with two attached hydrogens (primary N) is 1. The fourth-order valence-electron chi connectivity index (χ4n) is 2.33. The van der Waals surface area contributed by atoms with Crippen molar-refractivity contribution >= 4 is 27.7 Å². The minimum absolute atomic E-state index is 0.0382. The van der Waals surface area contributed by atoms with Crippen LogP contribution >= 0.6 is 15.9 Å². The van der Waals surface area contributed by atoms with Crippen molar-refractivity contribution in [1.29, 1.82) is 0 Å². The number of halogens is 1. The SMILES string of the molecule is Cc1ccc(Br)cc1C(=O)N1CCC(C)(C(N)=O)C1. The van der Waals surface area contributed by atoms with Crippen molar-refractivity contribution in [3.63, 3.8) is 0 Å². The molecule has 0 saturated carbocycles. The third-order valence-corrected chi connectivity index (χ3v) is 4.28. The molecule has 1 aliphatic rings. The van der Waals surface area contributed by atoms with Gasteiger partial charge < -0.3 is 10.6 Å². The van der Waals surface area contributed by atoms with Crippen LogP contribution in [0.15, 0.2) is 22.7 Å². The molecule has 4 nitrogen and oxygen atoms in total. The van der Waals surface area contributed by atoms with Crippen molar-refractivity contribution in [3.05, 3.63) is 33.8 Å². The van der Waals surface area contributed by atoms with E-state index < -0.39 is 5.41 Å². The van der Waals surface area contributed by atoms with E-state index in [0.717, 1.165) is 10.0 Å². The predicted octanol–water partition coefficient (Wildman–Crippen LogP) is 2.10. The average Bonchev–Trinajstić information content (AvgIpc) is 2.76. The molecule has 0 radical (unpaired) electrons. The maximum Gasteiger partial charge on any atom is 0.254 e. The van der Waals surface area contributed by atoms with Gasteiger partial charge in [-0.15, -0.1) is 0 Å². The van der Waals surface area contributed by atoms with Crippen LogP contribution in [-0.2, 0) is 4.79 Å². The van der Waals surface area contributed by atoms with Crippen molar-refractivity contribution < 1.29 is 9.59 Å². The highest BCUT2D eigenvalue weighted by molar-refractivity contribution is 9.10. The van der Waals surface area contributed by atoms with Gasteiger partial charge in [0.1, 0.15) is 0 Å². The van der Waals surface area contributed by atoms with Crippen LogP contribution in [0.3, 0.4) is 0 Å². The maximum absolute atomic E-state index is 12.5. The maximum atomic E-state index is 12.5. The van der Waals surface area contributed by atoms with Gasteiger partial charge in [0.25, 0.3) is 5.91 Å². The second kappa shape index (κ2) is 4.96. The quantitative estimate of drug-likeness (QED) is 0.905. The number of rotatable bonds is 2. The third kappa shape index (κ3) is 2.66. The summed E-state index contributed by atoms with van der Waals surface area (Å²) in [7, 11) is 0. The monoisotopic (exact) mass is 324 g/mol. The molecule has 2 N–H and O–H groups in total. The normalized spacial score (nSPS) is 22.6. The van der Waals surface area contributed by atoms with Gasteiger partial charge in [-0.05, 0) is 38.0 Å². The molecule has 1 atom stereocenters. The summed E-state index contributed by atoms with van der Waals surface area (Å²) in [5.74, 6) is -0.377. The summed E-state index contributed by atoms with van der Waals surface area (Å²) in [6.45, 7) is 4.69. The lowest BCUT2D eigenvalue weighted by atomic mass is 9.89. The first-order chi connectivity index (χ1) is 8.83. The number of benzene rings is 1. The highest BCUT2D eigenvalue weighted by Gasteiger charge is 2.40. The standard InChI is InChI=1S/C14H17BrN2O2/c1-9-3-4-10(15)7-11(9)12(18)17-6-5-14(2,8-17)13(16)19/h3-4,7H,5-6,8H2,1-2H3,(H2,16,19). The molecule has 0 bridgehead atoms. The Balaban J connectivity index is 2.22. The van der Waals surface area contributed by atoms with Gasteiger partial charge in [0.15, 0.2) is 0 Å². The second-order valence-corrected chi connectivity index (χ2v) is 6.28. The first-order valence-corrected chi connectivity index (χ1v) is 6.98. The zero-order chi connectivity index (χ0) is 14.2. The molecule has 1 saturated heterocycles. The molecule has 1 aromatic rings. The van der Waals surface area contributed by atoms with Crippen LogP contribution < -0.4 is 5.73 Å². The van der Waals surface area contributed by atoms with E-state index in [-0.39, 0.29) is 11.8 Å². The highest BCUT2D eigenvalue weighted by atomic mass is 79.9. The van der Waals surface area contributed by atoms with Crippen LogP contribution in [0.5, 0.6) is 0 Å². The summed E-state index contributed by atoms with van der Waals surface area (Å²) in [4.78, 5) is 25.6. The smallest absolute Gasteiger partial charge is 0.254 e. The Bertz CT molecular complexity index is 544. The van der Waals surface area contributed by atoms with E-state index in [1.54, 1.807) is 4.90 Å². The van der Waals surface area contributed by atoms with Gasteiger partial charge in [-0.2, -0.15) is 0 Å². The van der Waals surface area contributed by atoms with Gasteiger partial charge >= 0.3 is 0 Å².